The van der Waals surface area contributed by atoms with E-state index < -0.39 is 30.2 Å². The number of hydrogen-bond donors (Lipinski definition) is 2. The number of fused-ring (bicyclic) bond motifs is 1. The molecule has 2 aliphatic heterocycles. The van der Waals surface area contributed by atoms with E-state index in [0.29, 0.717) is 5.69 Å². The number of halogens is 1. The molecule has 1 fully saturated rings. The van der Waals surface area contributed by atoms with Crippen molar-refractivity contribution in [2.75, 3.05) is 23.8 Å². The molecular formula is C26H29FN4O3. The third-order valence-electron chi connectivity index (χ3n) is 6.65. The lowest BCUT2D eigenvalue weighted by Gasteiger charge is -2.45. The first-order valence-corrected chi connectivity index (χ1v) is 11.2. The van der Waals surface area contributed by atoms with Crippen LogP contribution >= 0.6 is 0 Å². The second-order valence-corrected chi connectivity index (χ2v) is 9.70. The van der Waals surface area contributed by atoms with Crippen molar-refractivity contribution in [2.45, 2.75) is 45.6 Å². The third-order valence-corrected chi connectivity index (χ3v) is 6.65. The molecule has 34 heavy (non-hydrogen) atoms. The van der Waals surface area contributed by atoms with Crippen molar-refractivity contribution in [1.29, 1.82) is 0 Å². The van der Waals surface area contributed by atoms with Crippen LogP contribution < -0.4 is 15.5 Å². The molecule has 0 bridgehead atoms. The summed E-state index contributed by atoms with van der Waals surface area (Å²) >= 11 is 0. The van der Waals surface area contributed by atoms with Crippen LogP contribution in [-0.4, -0.2) is 41.9 Å². The smallest absolute Gasteiger partial charge is 0.329 e. The molecule has 2 N–H and O–H groups in total. The zero-order valence-electron chi connectivity index (χ0n) is 20.0. The molecule has 2 aromatic carbocycles. The van der Waals surface area contributed by atoms with Crippen LogP contribution in [0.25, 0.3) is 6.08 Å². The monoisotopic (exact) mass is 464 g/mol. The zero-order chi connectivity index (χ0) is 24.8. The lowest BCUT2D eigenvalue weighted by atomic mass is 9.80. The number of aryl methyl sites for hydroxylation is 1. The molecule has 8 heteroatoms. The molecule has 0 spiro atoms. The predicted molar refractivity (Wildman–Crippen MR) is 130 cm³/mol. The summed E-state index contributed by atoms with van der Waals surface area (Å²) in [6.07, 6.45) is 2.23. The largest absolute Gasteiger partial charge is 0.369 e. The Morgan fingerprint density at radius 3 is 2.59 bits per heavy atom. The maximum atomic E-state index is 15.0. The molecule has 2 heterocycles. The maximum Gasteiger partial charge on any atom is 0.329 e. The molecule has 2 aliphatic rings. The van der Waals surface area contributed by atoms with Crippen LogP contribution in [0.15, 0.2) is 42.1 Å². The van der Waals surface area contributed by atoms with Crippen molar-refractivity contribution in [3.8, 4) is 0 Å². The van der Waals surface area contributed by atoms with E-state index in [9.17, 15) is 14.4 Å². The average molecular weight is 465 g/mol. The summed E-state index contributed by atoms with van der Waals surface area (Å²) in [6.45, 7) is 7.82. The van der Waals surface area contributed by atoms with Crippen molar-refractivity contribution in [1.82, 2.24) is 10.2 Å². The van der Waals surface area contributed by atoms with Crippen LogP contribution in [0.3, 0.4) is 0 Å². The van der Waals surface area contributed by atoms with E-state index in [-0.39, 0.29) is 22.7 Å². The number of amides is 4. The van der Waals surface area contributed by atoms with Gasteiger partial charge < -0.3 is 15.5 Å². The van der Waals surface area contributed by atoms with Crippen molar-refractivity contribution >= 4 is 35.3 Å². The molecular weight excluding hydrogens is 435 g/mol. The number of nitrogens with zero attached hydrogens (tertiary/aromatic N) is 2. The Kier molecular flexibility index (Phi) is 5.93. The summed E-state index contributed by atoms with van der Waals surface area (Å²) in [7, 11) is 1.95. The van der Waals surface area contributed by atoms with Gasteiger partial charge in [0.25, 0.3) is 5.91 Å². The quantitative estimate of drug-likeness (QED) is 0.520. The van der Waals surface area contributed by atoms with Gasteiger partial charge >= 0.3 is 6.03 Å². The molecule has 0 saturated carbocycles. The summed E-state index contributed by atoms with van der Waals surface area (Å²) in [5.41, 5.74) is 3.46. The average Bonchev–Trinajstić information content (AvgIpc) is 3.02. The van der Waals surface area contributed by atoms with Gasteiger partial charge in [0.1, 0.15) is 18.1 Å². The van der Waals surface area contributed by atoms with E-state index in [1.807, 2.05) is 26.1 Å². The molecule has 4 rings (SSSR count). The van der Waals surface area contributed by atoms with Crippen molar-refractivity contribution in [2.24, 2.45) is 0 Å². The number of imide groups is 1. The van der Waals surface area contributed by atoms with E-state index in [0.717, 1.165) is 28.1 Å². The van der Waals surface area contributed by atoms with E-state index >= 15 is 4.39 Å². The third kappa shape index (κ3) is 4.40. The fraction of sp³-hybridized carbons (Fsp3) is 0.346. The van der Waals surface area contributed by atoms with Gasteiger partial charge in [0.05, 0.1) is 0 Å². The van der Waals surface area contributed by atoms with E-state index in [4.69, 9.17) is 0 Å². The summed E-state index contributed by atoms with van der Waals surface area (Å²) < 4.78 is 15.0. The highest BCUT2D eigenvalue weighted by atomic mass is 19.1. The van der Waals surface area contributed by atoms with E-state index in [1.165, 1.54) is 12.1 Å². The first kappa shape index (κ1) is 23.5. The minimum absolute atomic E-state index is 0.0656. The molecule has 7 nitrogen and oxygen atoms in total. The molecule has 4 amide bonds. The summed E-state index contributed by atoms with van der Waals surface area (Å²) in [5, 5.41) is 5.12. The summed E-state index contributed by atoms with van der Waals surface area (Å²) in [5.74, 6) is -1.46. The summed E-state index contributed by atoms with van der Waals surface area (Å²) in [6, 6.07) is 9.66. The highest BCUT2D eigenvalue weighted by Crippen LogP contribution is 2.43. The van der Waals surface area contributed by atoms with Crippen LogP contribution in [0.1, 0.15) is 49.8 Å². The van der Waals surface area contributed by atoms with Crippen LogP contribution in [0.2, 0.25) is 0 Å². The van der Waals surface area contributed by atoms with Crippen LogP contribution in [0, 0.1) is 12.7 Å². The van der Waals surface area contributed by atoms with Crippen molar-refractivity contribution in [3.05, 3.63) is 64.6 Å². The van der Waals surface area contributed by atoms with E-state index in [2.05, 4.69) is 36.3 Å². The first-order chi connectivity index (χ1) is 16.0. The van der Waals surface area contributed by atoms with Crippen molar-refractivity contribution < 1.29 is 18.8 Å². The minimum atomic E-state index is -0.719. The van der Waals surface area contributed by atoms with Gasteiger partial charge in [-0.2, -0.15) is 0 Å². The van der Waals surface area contributed by atoms with Crippen LogP contribution in [-0.2, 0) is 9.59 Å². The Morgan fingerprint density at radius 2 is 1.91 bits per heavy atom. The number of benzene rings is 2. The Hall–Kier alpha value is -3.68. The standard InChI is InChI=1S/C26H29FN4O3/c1-15-6-8-18(9-7-15)28-23(32)14-31-24(33)21(29-25(31)34)11-17-10-19-16(2)13-26(3,4)30(5)22(19)12-20(17)27/h6-12,16H,13-14H2,1-5H3,(H,28,32)(H,29,34)/b21-11+. The van der Waals surface area contributed by atoms with Gasteiger partial charge in [-0.25, -0.2) is 14.1 Å². The lowest BCUT2D eigenvalue weighted by Crippen LogP contribution is -2.45. The fourth-order valence-corrected chi connectivity index (χ4v) is 4.57. The highest BCUT2D eigenvalue weighted by molar-refractivity contribution is 6.16. The number of carbonyl (C=O) groups excluding carboxylic acids is 3. The van der Waals surface area contributed by atoms with Gasteiger partial charge in [0, 0.05) is 29.5 Å². The molecule has 1 atom stereocenters. The normalized spacial score (nSPS) is 20.4. The fourth-order valence-electron chi connectivity index (χ4n) is 4.57. The Morgan fingerprint density at radius 1 is 1.24 bits per heavy atom. The molecule has 178 valence electrons. The lowest BCUT2D eigenvalue weighted by molar-refractivity contribution is -0.127. The molecule has 1 unspecified atom stereocenters. The SMILES string of the molecule is Cc1ccc(NC(=O)CN2C(=O)N/C(=C/c3cc4c(cc3F)N(C)C(C)(C)CC4C)C2=O)cc1. The molecule has 2 aromatic rings. The minimum Gasteiger partial charge on any atom is -0.369 e. The number of anilines is 2. The molecule has 1 saturated heterocycles. The van der Waals surface area contributed by atoms with Crippen LogP contribution in [0.5, 0.6) is 0 Å². The van der Waals surface area contributed by atoms with Gasteiger partial charge in [-0.3, -0.25) is 9.59 Å². The van der Waals surface area contributed by atoms with Gasteiger partial charge in [-0.1, -0.05) is 24.6 Å². The number of carbonyl (C=O) groups is 3. The number of nitrogens with one attached hydrogen (secondary N) is 2. The maximum absolute atomic E-state index is 15.0. The second-order valence-electron chi connectivity index (χ2n) is 9.70. The molecule has 0 radical (unpaired) electrons. The summed E-state index contributed by atoms with van der Waals surface area (Å²) in [4.78, 5) is 40.4. The molecule has 0 aromatic heterocycles. The Balaban J connectivity index is 1.54. The van der Waals surface area contributed by atoms with Gasteiger partial charge in [0.2, 0.25) is 5.91 Å². The Labute approximate surface area is 198 Å². The molecule has 0 aliphatic carbocycles. The topological polar surface area (TPSA) is 81.8 Å². The van der Waals surface area contributed by atoms with Gasteiger partial charge in [-0.15, -0.1) is 0 Å². The highest BCUT2D eigenvalue weighted by Gasteiger charge is 2.37. The zero-order valence-corrected chi connectivity index (χ0v) is 20.0. The predicted octanol–water partition coefficient (Wildman–Crippen LogP) is 4.39. The van der Waals surface area contributed by atoms with Crippen molar-refractivity contribution in [3.63, 3.8) is 0 Å². The second kappa shape index (κ2) is 8.59. The first-order valence-electron chi connectivity index (χ1n) is 11.2. The van der Waals surface area contributed by atoms with Gasteiger partial charge in [0.15, 0.2) is 0 Å². The van der Waals surface area contributed by atoms with Gasteiger partial charge in [-0.05, 0) is 69.0 Å². The number of hydrogen-bond acceptors (Lipinski definition) is 4. The van der Waals surface area contributed by atoms with Crippen LogP contribution in [0.4, 0.5) is 20.6 Å². The number of urea groups is 1. The number of rotatable bonds is 4. The van der Waals surface area contributed by atoms with E-state index in [1.54, 1.807) is 18.2 Å². The Bertz CT molecular complexity index is 1200.